The van der Waals surface area contributed by atoms with Gasteiger partial charge in [-0.25, -0.2) is 4.98 Å². The summed E-state index contributed by atoms with van der Waals surface area (Å²) in [6.07, 6.45) is 13.9. The molecular weight excluding hydrogens is 382 g/mol. The Morgan fingerprint density at radius 2 is 1.26 bits per heavy atom. The van der Waals surface area contributed by atoms with Crippen molar-refractivity contribution in [3.8, 4) is 11.6 Å². The Morgan fingerprint density at radius 3 is 2.00 bits per heavy atom. The molecule has 0 spiro atoms. The van der Waals surface area contributed by atoms with Crippen molar-refractivity contribution in [2.75, 3.05) is 13.2 Å². The zero-order valence-corrected chi connectivity index (χ0v) is 19.5. The van der Waals surface area contributed by atoms with Gasteiger partial charge in [-0.15, -0.1) is 0 Å². The Kier molecular flexibility index (Phi) is 9.95. The molecule has 3 rings (SSSR count). The van der Waals surface area contributed by atoms with E-state index in [0.717, 1.165) is 48.6 Å². The molecule has 0 bridgehead atoms. The van der Waals surface area contributed by atoms with Crippen molar-refractivity contribution in [2.24, 2.45) is 0 Å². The SMILES string of the molecule is CCCCCCCCOc1ccc2c(ccc3nc(OCCCCCCC)ccc32)c1. The lowest BCUT2D eigenvalue weighted by molar-refractivity contribution is 0.294. The second-order valence-electron chi connectivity index (χ2n) is 8.54. The van der Waals surface area contributed by atoms with Gasteiger partial charge in [-0.05, 0) is 47.9 Å². The lowest BCUT2D eigenvalue weighted by Crippen LogP contribution is -1.99. The van der Waals surface area contributed by atoms with Crippen molar-refractivity contribution in [1.82, 2.24) is 4.98 Å². The lowest BCUT2D eigenvalue weighted by Gasteiger charge is -2.10. The third-order valence-corrected chi connectivity index (χ3v) is 5.90. The maximum Gasteiger partial charge on any atom is 0.213 e. The van der Waals surface area contributed by atoms with Gasteiger partial charge in [0.25, 0.3) is 0 Å². The Morgan fingerprint density at radius 1 is 0.613 bits per heavy atom. The summed E-state index contributed by atoms with van der Waals surface area (Å²) in [6, 6.07) is 14.7. The van der Waals surface area contributed by atoms with Crippen LogP contribution in [0, 0.1) is 0 Å². The van der Waals surface area contributed by atoms with Gasteiger partial charge >= 0.3 is 0 Å². The van der Waals surface area contributed by atoms with Crippen LogP contribution in [0.15, 0.2) is 42.5 Å². The summed E-state index contributed by atoms with van der Waals surface area (Å²) >= 11 is 0. The van der Waals surface area contributed by atoms with E-state index >= 15 is 0 Å². The van der Waals surface area contributed by atoms with Gasteiger partial charge in [-0.2, -0.15) is 0 Å². The molecule has 0 saturated heterocycles. The van der Waals surface area contributed by atoms with Gasteiger partial charge in [0, 0.05) is 11.5 Å². The Labute approximate surface area is 188 Å². The first-order valence-electron chi connectivity index (χ1n) is 12.4. The topological polar surface area (TPSA) is 31.4 Å². The molecule has 3 heteroatoms. The Bertz CT molecular complexity index is 921. The van der Waals surface area contributed by atoms with Crippen LogP contribution >= 0.6 is 0 Å². The third kappa shape index (κ3) is 7.41. The molecule has 0 atom stereocenters. The highest BCUT2D eigenvalue weighted by Gasteiger charge is 2.06. The average Bonchev–Trinajstić information content (AvgIpc) is 2.80. The summed E-state index contributed by atoms with van der Waals surface area (Å²) in [5.41, 5.74) is 0.983. The first kappa shape index (κ1) is 23.4. The number of pyridine rings is 1. The molecular formula is C28H39NO2. The number of hydrogen-bond acceptors (Lipinski definition) is 3. The van der Waals surface area contributed by atoms with Crippen molar-refractivity contribution in [3.63, 3.8) is 0 Å². The third-order valence-electron chi connectivity index (χ3n) is 5.90. The fourth-order valence-corrected chi connectivity index (χ4v) is 4.03. The Balaban J connectivity index is 1.54. The van der Waals surface area contributed by atoms with Gasteiger partial charge in [0.2, 0.25) is 5.88 Å². The number of hydrogen-bond donors (Lipinski definition) is 0. The summed E-state index contributed by atoms with van der Waals surface area (Å²) < 4.78 is 11.9. The summed E-state index contributed by atoms with van der Waals surface area (Å²) in [4.78, 5) is 4.72. The van der Waals surface area contributed by atoms with Crippen LogP contribution in [-0.2, 0) is 0 Å². The van der Waals surface area contributed by atoms with Crippen molar-refractivity contribution < 1.29 is 9.47 Å². The number of ether oxygens (including phenoxy) is 2. The smallest absolute Gasteiger partial charge is 0.213 e. The molecule has 0 fully saturated rings. The van der Waals surface area contributed by atoms with E-state index in [1.807, 2.05) is 6.07 Å². The highest BCUT2D eigenvalue weighted by molar-refractivity contribution is 6.06. The molecule has 168 valence electrons. The molecule has 0 amide bonds. The van der Waals surface area contributed by atoms with E-state index in [9.17, 15) is 0 Å². The van der Waals surface area contributed by atoms with Crippen LogP contribution in [0.1, 0.15) is 84.5 Å². The molecule has 0 aliphatic heterocycles. The molecule has 1 heterocycles. The fraction of sp³-hybridized carbons (Fsp3) is 0.536. The van der Waals surface area contributed by atoms with Crippen molar-refractivity contribution in [3.05, 3.63) is 42.5 Å². The number of aromatic nitrogens is 1. The van der Waals surface area contributed by atoms with E-state index in [-0.39, 0.29) is 0 Å². The largest absolute Gasteiger partial charge is 0.494 e. The van der Waals surface area contributed by atoms with E-state index in [1.165, 1.54) is 68.6 Å². The van der Waals surface area contributed by atoms with Gasteiger partial charge < -0.3 is 9.47 Å². The number of fused-ring (bicyclic) bond motifs is 3. The van der Waals surface area contributed by atoms with Crippen LogP contribution < -0.4 is 9.47 Å². The van der Waals surface area contributed by atoms with Crippen LogP contribution in [0.4, 0.5) is 0 Å². The van der Waals surface area contributed by atoms with Gasteiger partial charge in [0.1, 0.15) is 5.75 Å². The molecule has 0 unspecified atom stereocenters. The molecule has 0 aliphatic rings. The van der Waals surface area contributed by atoms with Crippen LogP contribution in [0.3, 0.4) is 0 Å². The van der Waals surface area contributed by atoms with Gasteiger partial charge in [-0.3, -0.25) is 0 Å². The minimum absolute atomic E-state index is 0.723. The van der Waals surface area contributed by atoms with Gasteiger partial charge in [0.05, 0.1) is 18.7 Å². The molecule has 0 radical (unpaired) electrons. The van der Waals surface area contributed by atoms with Crippen molar-refractivity contribution in [1.29, 1.82) is 0 Å². The van der Waals surface area contributed by atoms with Crippen LogP contribution in [0.2, 0.25) is 0 Å². The fourth-order valence-electron chi connectivity index (χ4n) is 4.03. The normalized spacial score (nSPS) is 11.3. The first-order chi connectivity index (χ1) is 15.3. The Hall–Kier alpha value is -2.29. The molecule has 0 aliphatic carbocycles. The molecule has 2 aromatic carbocycles. The van der Waals surface area contributed by atoms with E-state index in [2.05, 4.69) is 50.2 Å². The minimum atomic E-state index is 0.723. The first-order valence-corrected chi connectivity index (χ1v) is 12.4. The molecule has 0 saturated carbocycles. The van der Waals surface area contributed by atoms with E-state index in [0.29, 0.717) is 0 Å². The van der Waals surface area contributed by atoms with E-state index in [4.69, 9.17) is 14.5 Å². The van der Waals surface area contributed by atoms with Crippen molar-refractivity contribution in [2.45, 2.75) is 84.5 Å². The summed E-state index contributed by atoms with van der Waals surface area (Å²) in [6.45, 7) is 6.04. The zero-order valence-electron chi connectivity index (χ0n) is 19.5. The van der Waals surface area contributed by atoms with Gasteiger partial charge in [0.15, 0.2) is 0 Å². The lowest BCUT2D eigenvalue weighted by atomic mass is 10.0. The zero-order chi connectivity index (χ0) is 21.7. The number of nitrogens with zero attached hydrogens (tertiary/aromatic N) is 1. The maximum atomic E-state index is 6.00. The number of unbranched alkanes of at least 4 members (excludes halogenated alkanes) is 9. The number of benzene rings is 2. The molecule has 3 nitrogen and oxygen atoms in total. The second-order valence-corrected chi connectivity index (χ2v) is 8.54. The van der Waals surface area contributed by atoms with Crippen molar-refractivity contribution >= 4 is 21.7 Å². The predicted octanol–water partition coefficient (Wildman–Crippen LogP) is 8.48. The molecule has 3 aromatic rings. The van der Waals surface area contributed by atoms with E-state index < -0.39 is 0 Å². The molecule has 0 N–H and O–H groups in total. The van der Waals surface area contributed by atoms with Crippen LogP contribution in [0.25, 0.3) is 21.7 Å². The quantitative estimate of drug-likeness (QED) is 0.182. The standard InChI is InChI=1S/C28H39NO2/c1-3-5-7-9-11-12-20-30-24-15-16-25-23(22-24)14-18-27-26(25)17-19-28(29-27)31-21-13-10-8-6-4-2/h14-19,22H,3-13,20-21H2,1-2H3. The highest BCUT2D eigenvalue weighted by Crippen LogP contribution is 2.29. The summed E-state index contributed by atoms with van der Waals surface area (Å²) in [7, 11) is 0. The molecule has 31 heavy (non-hydrogen) atoms. The monoisotopic (exact) mass is 421 g/mol. The maximum absolute atomic E-state index is 6.00. The minimum Gasteiger partial charge on any atom is -0.494 e. The number of rotatable bonds is 15. The second kappa shape index (κ2) is 13.2. The highest BCUT2D eigenvalue weighted by atomic mass is 16.5. The van der Waals surface area contributed by atoms with Crippen LogP contribution in [-0.4, -0.2) is 18.2 Å². The summed E-state index contributed by atoms with van der Waals surface area (Å²) in [5.74, 6) is 1.68. The van der Waals surface area contributed by atoms with E-state index in [1.54, 1.807) is 0 Å². The average molecular weight is 422 g/mol. The predicted molar refractivity (Wildman–Crippen MR) is 132 cm³/mol. The van der Waals surface area contributed by atoms with Gasteiger partial charge in [-0.1, -0.05) is 83.8 Å². The molecule has 1 aromatic heterocycles. The van der Waals surface area contributed by atoms with Crippen LogP contribution in [0.5, 0.6) is 11.6 Å². The summed E-state index contributed by atoms with van der Waals surface area (Å²) in [5, 5.41) is 3.57.